The van der Waals surface area contributed by atoms with Gasteiger partial charge in [0.15, 0.2) is 17.9 Å². The van der Waals surface area contributed by atoms with Gasteiger partial charge in [-0.15, -0.1) is 0 Å². The third kappa shape index (κ3) is 7.99. The average Bonchev–Trinajstić information content (AvgIpc) is 3.09. The average molecular weight is 565 g/mol. The van der Waals surface area contributed by atoms with Gasteiger partial charge in [-0.25, -0.2) is 15.1 Å². The van der Waals surface area contributed by atoms with E-state index in [1.165, 1.54) is 19.4 Å². The molecule has 2 aromatic rings. The molecule has 1 aliphatic heterocycles. The van der Waals surface area contributed by atoms with Crippen molar-refractivity contribution < 1.29 is 57.7 Å². The van der Waals surface area contributed by atoms with Crippen LogP contribution in [0.2, 0.25) is 0 Å². The summed E-state index contributed by atoms with van der Waals surface area (Å²) in [7, 11) is -8.33. The zero-order chi connectivity index (χ0) is 27.4. The van der Waals surface area contributed by atoms with Crippen molar-refractivity contribution in [3.8, 4) is 0 Å². The topological polar surface area (TPSA) is 236 Å². The fourth-order valence-corrected chi connectivity index (χ4v) is 5.89. The number of ether oxygens (including phenoxy) is 2. The standard InChI is InChI=1S/C19H25N3O13P2/c1-32-18(25)12-4-2-3-11(7-12)8-33-21-14-5-6-22(19(26)20-14)17-16(24)15(23)13(35-17)9-34-37(30,31)10-36(27,28)29/h2-7,13,15-17,23-24H,8-10H2,1H3,(H,30,31)(H,20,21,26)(H2,27,28,29)/t13-,15-,16-,17-/m1/s1. The number of hydrogen-bond acceptors (Lipinski definition) is 12. The highest BCUT2D eigenvalue weighted by Gasteiger charge is 2.45. The molecule has 1 aliphatic rings. The maximum Gasteiger partial charge on any atom is 0.351 e. The molecule has 0 amide bonds. The predicted molar refractivity (Wildman–Crippen MR) is 123 cm³/mol. The van der Waals surface area contributed by atoms with E-state index in [2.05, 4.69) is 19.7 Å². The van der Waals surface area contributed by atoms with Gasteiger partial charge in [0.05, 0.1) is 25.9 Å². The molecule has 204 valence electrons. The Labute approximate surface area is 209 Å². The molecular weight excluding hydrogens is 540 g/mol. The number of benzene rings is 1. The van der Waals surface area contributed by atoms with Crippen LogP contribution < -0.4 is 11.2 Å². The van der Waals surface area contributed by atoms with Crippen molar-refractivity contribution in [1.29, 1.82) is 0 Å². The Morgan fingerprint density at radius 1 is 1.19 bits per heavy atom. The zero-order valence-corrected chi connectivity index (χ0v) is 21.0. The van der Waals surface area contributed by atoms with Crippen LogP contribution in [0, 0.1) is 0 Å². The van der Waals surface area contributed by atoms with E-state index in [1.54, 1.807) is 24.3 Å². The molecule has 1 aromatic heterocycles. The quantitative estimate of drug-likeness (QED) is 0.115. The second-order valence-electron chi connectivity index (χ2n) is 7.87. The molecule has 0 saturated carbocycles. The predicted octanol–water partition coefficient (Wildman–Crippen LogP) is -0.470. The summed E-state index contributed by atoms with van der Waals surface area (Å²) in [5.41, 5.74) is 2.51. The molecule has 0 aliphatic carbocycles. The van der Waals surface area contributed by atoms with Gasteiger partial charge >= 0.3 is 26.9 Å². The van der Waals surface area contributed by atoms with Gasteiger partial charge in [0.1, 0.15) is 18.3 Å². The molecule has 3 rings (SSSR count). The number of nitrogens with one attached hydrogen (secondary N) is 1. The van der Waals surface area contributed by atoms with Gasteiger partial charge in [0.2, 0.25) is 0 Å². The minimum Gasteiger partial charge on any atom is -0.465 e. The number of anilines is 1. The zero-order valence-electron chi connectivity index (χ0n) is 19.2. The first-order valence-electron chi connectivity index (χ1n) is 10.5. The summed E-state index contributed by atoms with van der Waals surface area (Å²) in [4.78, 5) is 60.3. The van der Waals surface area contributed by atoms with Crippen LogP contribution >= 0.6 is 15.2 Å². The lowest BCUT2D eigenvalue weighted by atomic mass is 10.1. The van der Waals surface area contributed by atoms with Gasteiger partial charge < -0.3 is 38.9 Å². The Kier molecular flexibility index (Phi) is 9.37. The molecule has 0 radical (unpaired) electrons. The molecule has 18 heteroatoms. The van der Waals surface area contributed by atoms with E-state index in [9.17, 15) is 33.8 Å². The van der Waals surface area contributed by atoms with Gasteiger partial charge in [-0.1, -0.05) is 12.1 Å². The van der Waals surface area contributed by atoms with Crippen molar-refractivity contribution in [2.24, 2.45) is 0 Å². The number of carbonyl (C=O) groups excluding carboxylic acids is 1. The van der Waals surface area contributed by atoms with Gasteiger partial charge in [0.25, 0.3) is 0 Å². The Bertz CT molecular complexity index is 1270. The number of aliphatic hydroxyl groups excluding tert-OH is 2. The van der Waals surface area contributed by atoms with E-state index in [0.717, 1.165) is 4.57 Å². The molecular formula is C19H25N3O13P2. The SMILES string of the molecule is COC(=O)c1cccc(CONc2ccn([C@@H]3O[C@H](COP(=O)(O)CP(=O)(O)O)[C@@H](O)[C@H]3O)c(=O)n2)c1. The van der Waals surface area contributed by atoms with Crippen LogP contribution in [-0.4, -0.2) is 78.3 Å². The molecule has 1 fully saturated rings. The monoisotopic (exact) mass is 565 g/mol. The highest BCUT2D eigenvalue weighted by Crippen LogP contribution is 2.55. The Morgan fingerprint density at radius 3 is 2.57 bits per heavy atom. The van der Waals surface area contributed by atoms with E-state index in [4.69, 9.17) is 19.4 Å². The van der Waals surface area contributed by atoms with Gasteiger partial charge in [0, 0.05) is 6.20 Å². The van der Waals surface area contributed by atoms with Crippen molar-refractivity contribution in [3.05, 3.63) is 58.1 Å². The Balaban J connectivity index is 1.59. The summed E-state index contributed by atoms with van der Waals surface area (Å²) in [5, 5.41) is 20.5. The van der Waals surface area contributed by atoms with Gasteiger partial charge in [-0.2, -0.15) is 4.98 Å². The minimum absolute atomic E-state index is 0.00283. The molecule has 0 bridgehead atoms. The maximum absolute atomic E-state index is 12.5. The first-order valence-corrected chi connectivity index (χ1v) is 14.0. The number of esters is 1. The molecule has 37 heavy (non-hydrogen) atoms. The summed E-state index contributed by atoms with van der Waals surface area (Å²) in [5.74, 6) is -1.95. The first-order chi connectivity index (χ1) is 17.3. The molecule has 5 atom stereocenters. The number of methoxy groups -OCH3 is 1. The second kappa shape index (κ2) is 11.9. The molecule has 1 unspecified atom stereocenters. The highest BCUT2D eigenvalue weighted by molar-refractivity contribution is 7.70. The van der Waals surface area contributed by atoms with E-state index in [0.29, 0.717) is 11.1 Å². The van der Waals surface area contributed by atoms with Crippen LogP contribution in [0.1, 0.15) is 22.1 Å². The van der Waals surface area contributed by atoms with E-state index >= 15 is 0 Å². The molecule has 1 aromatic carbocycles. The molecule has 6 N–H and O–H groups in total. The lowest BCUT2D eigenvalue weighted by Crippen LogP contribution is -2.36. The number of rotatable bonds is 11. The number of hydrogen-bond donors (Lipinski definition) is 6. The van der Waals surface area contributed by atoms with E-state index in [1.807, 2.05) is 0 Å². The van der Waals surface area contributed by atoms with Crippen LogP contribution in [0.15, 0.2) is 41.3 Å². The highest BCUT2D eigenvalue weighted by atomic mass is 31.2. The van der Waals surface area contributed by atoms with Crippen LogP contribution in [0.5, 0.6) is 0 Å². The van der Waals surface area contributed by atoms with Crippen molar-refractivity contribution in [3.63, 3.8) is 0 Å². The van der Waals surface area contributed by atoms with Crippen molar-refractivity contribution in [1.82, 2.24) is 9.55 Å². The summed E-state index contributed by atoms with van der Waals surface area (Å²) in [6.45, 7) is -0.792. The minimum atomic E-state index is -4.86. The van der Waals surface area contributed by atoms with Crippen LogP contribution in [0.3, 0.4) is 0 Å². The fraction of sp³-hybridized carbons (Fsp3) is 0.421. The number of aliphatic hydroxyl groups is 2. The summed E-state index contributed by atoms with van der Waals surface area (Å²) >= 11 is 0. The molecule has 2 heterocycles. The Morgan fingerprint density at radius 2 is 1.92 bits per heavy atom. The second-order valence-corrected chi connectivity index (χ2v) is 11.9. The maximum atomic E-state index is 12.5. The number of carbonyl (C=O) groups is 1. The molecule has 0 spiro atoms. The summed E-state index contributed by atoms with van der Waals surface area (Å²) in [6.07, 6.45) is -4.97. The number of nitrogens with zero attached hydrogens (tertiary/aromatic N) is 2. The van der Waals surface area contributed by atoms with E-state index < -0.39 is 63.9 Å². The van der Waals surface area contributed by atoms with Gasteiger partial charge in [-0.3, -0.25) is 18.5 Å². The van der Waals surface area contributed by atoms with Crippen LogP contribution in [0.4, 0.5) is 5.82 Å². The molecule has 1 saturated heterocycles. The van der Waals surface area contributed by atoms with Crippen molar-refractivity contribution >= 4 is 27.0 Å². The normalized spacial score (nSPS) is 23.4. The lowest BCUT2D eigenvalue weighted by molar-refractivity contribution is -0.0523. The van der Waals surface area contributed by atoms with Gasteiger partial charge in [-0.05, 0) is 23.8 Å². The largest absolute Gasteiger partial charge is 0.465 e. The van der Waals surface area contributed by atoms with Crippen LogP contribution in [0.25, 0.3) is 0 Å². The fourth-order valence-electron chi connectivity index (χ4n) is 3.32. The Hall–Kier alpha value is -2.49. The summed E-state index contributed by atoms with van der Waals surface area (Å²) in [6, 6.07) is 7.78. The summed E-state index contributed by atoms with van der Waals surface area (Å²) < 4.78 is 38.2. The van der Waals surface area contributed by atoms with E-state index in [-0.39, 0.29) is 12.4 Å². The number of aromatic nitrogens is 2. The van der Waals surface area contributed by atoms with Crippen molar-refractivity contribution in [2.45, 2.75) is 31.1 Å². The third-order valence-corrected chi connectivity index (χ3v) is 8.46. The van der Waals surface area contributed by atoms with Crippen molar-refractivity contribution in [2.75, 3.05) is 25.1 Å². The van der Waals surface area contributed by atoms with Crippen LogP contribution in [-0.2, 0) is 34.6 Å². The molecule has 16 nitrogen and oxygen atoms in total. The third-order valence-electron chi connectivity index (χ3n) is 5.01. The smallest absolute Gasteiger partial charge is 0.351 e. The first kappa shape index (κ1) is 29.1. The lowest BCUT2D eigenvalue weighted by Gasteiger charge is -2.18.